The molecule has 0 aliphatic carbocycles. The molecule has 0 radical (unpaired) electrons. The Kier molecular flexibility index (Phi) is 5.89. The monoisotopic (exact) mass is 482 g/mol. The second-order valence-corrected chi connectivity index (χ2v) is 7.95. The average Bonchev–Trinajstić information content (AvgIpc) is 2.90. The molecular formula is C21H15F5N4O2S. The maximum absolute atomic E-state index is 15.0. The maximum Gasteiger partial charge on any atom is 0.420 e. The van der Waals surface area contributed by atoms with Gasteiger partial charge in [0.05, 0.1) is 17.3 Å². The highest BCUT2D eigenvalue weighted by Gasteiger charge is 2.52. The first-order valence-corrected chi connectivity index (χ1v) is 9.65. The molecule has 0 aromatic heterocycles. The fraction of sp³-hybridized carbons (Fsp3) is 0.238. The number of nitrogens with two attached hydrogens (primary N) is 1. The fourth-order valence-electron chi connectivity index (χ4n) is 3.62. The van der Waals surface area contributed by atoms with Crippen molar-refractivity contribution in [1.82, 2.24) is 0 Å². The van der Waals surface area contributed by atoms with Crippen LogP contribution in [0, 0.1) is 17.1 Å². The van der Waals surface area contributed by atoms with Crippen LogP contribution in [0.15, 0.2) is 30.3 Å². The SMILES string of the molecule is CC1(C)C(=O)N(c2ccc(C#N)c(C(F)(F)F)c2F)C(=S)N1c1ccc(C(N)=O)c(CF)c1. The molecule has 1 saturated heterocycles. The Bertz CT molecular complexity index is 1240. The van der Waals surface area contributed by atoms with E-state index in [4.69, 9.17) is 23.2 Å². The number of anilines is 2. The van der Waals surface area contributed by atoms with Gasteiger partial charge >= 0.3 is 6.18 Å². The zero-order chi connectivity index (χ0) is 24.9. The summed E-state index contributed by atoms with van der Waals surface area (Å²) >= 11 is 5.31. The molecular weight excluding hydrogens is 467 g/mol. The Labute approximate surface area is 190 Å². The predicted octanol–water partition coefficient (Wildman–Crippen LogP) is 4.20. The van der Waals surface area contributed by atoms with E-state index >= 15 is 4.39 Å². The number of carbonyl (C=O) groups is 2. The quantitative estimate of drug-likeness (QED) is 0.521. The largest absolute Gasteiger partial charge is 0.420 e. The number of primary amides is 1. The molecule has 2 amide bonds. The minimum absolute atomic E-state index is 0.0894. The van der Waals surface area contributed by atoms with Gasteiger partial charge in [-0.05, 0) is 62.0 Å². The Morgan fingerprint density at radius 2 is 1.88 bits per heavy atom. The molecule has 1 aliphatic heterocycles. The van der Waals surface area contributed by atoms with Crippen LogP contribution in [0.3, 0.4) is 0 Å². The Morgan fingerprint density at radius 3 is 2.39 bits per heavy atom. The number of thiocarbonyl (C=S) groups is 1. The van der Waals surface area contributed by atoms with Gasteiger partial charge < -0.3 is 10.6 Å². The van der Waals surface area contributed by atoms with Crippen molar-refractivity contribution in [1.29, 1.82) is 5.26 Å². The van der Waals surface area contributed by atoms with E-state index in [-0.39, 0.29) is 21.9 Å². The summed E-state index contributed by atoms with van der Waals surface area (Å²) in [4.78, 5) is 26.5. The summed E-state index contributed by atoms with van der Waals surface area (Å²) in [7, 11) is 0. The molecule has 172 valence electrons. The van der Waals surface area contributed by atoms with Gasteiger partial charge in [0.1, 0.15) is 17.8 Å². The number of amides is 2. The zero-order valence-electron chi connectivity index (χ0n) is 17.1. The van der Waals surface area contributed by atoms with Gasteiger partial charge in [0.2, 0.25) is 5.91 Å². The van der Waals surface area contributed by atoms with E-state index in [9.17, 15) is 27.2 Å². The number of halogens is 5. The molecule has 0 atom stereocenters. The number of nitrogens with zero attached hydrogens (tertiary/aromatic N) is 3. The van der Waals surface area contributed by atoms with Crippen molar-refractivity contribution >= 4 is 40.5 Å². The summed E-state index contributed by atoms with van der Waals surface area (Å²) in [6.07, 6.45) is -5.20. The molecule has 2 N–H and O–H groups in total. The zero-order valence-corrected chi connectivity index (χ0v) is 17.9. The highest BCUT2D eigenvalue weighted by molar-refractivity contribution is 7.81. The predicted molar refractivity (Wildman–Crippen MR) is 113 cm³/mol. The average molecular weight is 482 g/mol. The van der Waals surface area contributed by atoms with Crippen LogP contribution in [0.2, 0.25) is 0 Å². The van der Waals surface area contributed by atoms with Gasteiger partial charge in [-0.25, -0.2) is 8.78 Å². The first-order valence-electron chi connectivity index (χ1n) is 9.24. The van der Waals surface area contributed by atoms with Crippen LogP contribution in [0.5, 0.6) is 0 Å². The molecule has 2 aromatic rings. The summed E-state index contributed by atoms with van der Waals surface area (Å²) in [5.41, 5.74) is 0.103. The van der Waals surface area contributed by atoms with E-state index < -0.39 is 52.8 Å². The van der Waals surface area contributed by atoms with Crippen LogP contribution < -0.4 is 15.5 Å². The fourth-order valence-corrected chi connectivity index (χ4v) is 4.13. The van der Waals surface area contributed by atoms with Crippen molar-refractivity contribution in [2.45, 2.75) is 32.2 Å². The first-order chi connectivity index (χ1) is 15.3. The number of nitriles is 1. The number of benzene rings is 2. The highest BCUT2D eigenvalue weighted by atomic mass is 32.1. The lowest BCUT2D eigenvalue weighted by molar-refractivity contribution is -0.140. The van der Waals surface area contributed by atoms with Gasteiger partial charge in [-0.1, -0.05) is 0 Å². The van der Waals surface area contributed by atoms with Crippen molar-refractivity contribution in [3.05, 3.63) is 58.4 Å². The number of carbonyl (C=O) groups excluding carboxylic acids is 2. The van der Waals surface area contributed by atoms with E-state index in [1.165, 1.54) is 43.0 Å². The molecule has 0 unspecified atom stereocenters. The normalized spacial score (nSPS) is 15.7. The van der Waals surface area contributed by atoms with Crippen molar-refractivity contribution in [3.8, 4) is 6.07 Å². The molecule has 1 aliphatic rings. The molecule has 3 rings (SSSR count). The van der Waals surface area contributed by atoms with Crippen molar-refractivity contribution in [3.63, 3.8) is 0 Å². The minimum Gasteiger partial charge on any atom is -0.366 e. The van der Waals surface area contributed by atoms with Gasteiger partial charge in [-0.3, -0.25) is 14.5 Å². The summed E-state index contributed by atoms with van der Waals surface area (Å²) in [6, 6.07) is 6.67. The summed E-state index contributed by atoms with van der Waals surface area (Å²) < 4.78 is 68.8. The van der Waals surface area contributed by atoms with Gasteiger partial charge in [-0.2, -0.15) is 18.4 Å². The van der Waals surface area contributed by atoms with Gasteiger partial charge in [0.15, 0.2) is 10.9 Å². The molecule has 2 aromatic carbocycles. The molecule has 1 heterocycles. The molecule has 0 spiro atoms. The summed E-state index contributed by atoms with van der Waals surface area (Å²) in [6.45, 7) is 1.72. The first kappa shape index (κ1) is 24.1. The summed E-state index contributed by atoms with van der Waals surface area (Å²) in [5, 5.41) is 8.58. The molecule has 6 nitrogen and oxygen atoms in total. The van der Waals surface area contributed by atoms with Crippen LogP contribution in [0.1, 0.15) is 40.9 Å². The van der Waals surface area contributed by atoms with E-state index in [0.717, 1.165) is 12.1 Å². The minimum atomic E-state index is -5.20. The molecule has 0 saturated carbocycles. The standard InChI is InChI=1S/C21H15F5N4O2S/c1-20(2)18(32)29(14-6-3-10(9-27)15(16(14)23)21(24,25)26)19(33)30(20)12-4-5-13(17(28)31)11(7-12)8-22/h3-7H,8H2,1-2H3,(H2,28,31). The van der Waals surface area contributed by atoms with Crippen LogP contribution in [0.25, 0.3) is 0 Å². The number of hydrogen-bond donors (Lipinski definition) is 1. The third-order valence-electron chi connectivity index (χ3n) is 5.19. The van der Waals surface area contributed by atoms with Gasteiger partial charge in [0.25, 0.3) is 5.91 Å². The van der Waals surface area contributed by atoms with E-state index in [2.05, 4.69) is 0 Å². The number of alkyl halides is 4. The van der Waals surface area contributed by atoms with E-state index in [0.29, 0.717) is 4.90 Å². The summed E-state index contributed by atoms with van der Waals surface area (Å²) in [5.74, 6) is -3.57. The van der Waals surface area contributed by atoms with Gasteiger partial charge in [-0.15, -0.1) is 0 Å². The van der Waals surface area contributed by atoms with Crippen LogP contribution in [-0.2, 0) is 17.6 Å². The molecule has 1 fully saturated rings. The van der Waals surface area contributed by atoms with Crippen molar-refractivity contribution in [2.75, 3.05) is 9.80 Å². The lowest BCUT2D eigenvalue weighted by Gasteiger charge is -2.30. The second kappa shape index (κ2) is 8.08. The topological polar surface area (TPSA) is 90.4 Å². The third-order valence-corrected chi connectivity index (χ3v) is 5.56. The van der Waals surface area contributed by atoms with Crippen LogP contribution in [0.4, 0.5) is 33.3 Å². The molecule has 0 bridgehead atoms. The van der Waals surface area contributed by atoms with Crippen molar-refractivity contribution < 1.29 is 31.5 Å². The Hall–Kier alpha value is -3.59. The second-order valence-electron chi connectivity index (χ2n) is 7.59. The third kappa shape index (κ3) is 3.78. The highest BCUT2D eigenvalue weighted by Crippen LogP contribution is 2.42. The Balaban J connectivity index is 2.18. The molecule has 33 heavy (non-hydrogen) atoms. The maximum atomic E-state index is 15.0. The van der Waals surface area contributed by atoms with E-state index in [1.807, 2.05) is 0 Å². The van der Waals surface area contributed by atoms with E-state index in [1.54, 1.807) is 0 Å². The Morgan fingerprint density at radius 1 is 1.24 bits per heavy atom. The number of hydrogen-bond acceptors (Lipinski definition) is 4. The smallest absolute Gasteiger partial charge is 0.366 e. The molecule has 12 heteroatoms. The lowest BCUT2D eigenvalue weighted by Crippen LogP contribution is -2.44. The lowest BCUT2D eigenvalue weighted by atomic mass is 10.0. The van der Waals surface area contributed by atoms with Crippen LogP contribution >= 0.6 is 12.2 Å². The van der Waals surface area contributed by atoms with Crippen LogP contribution in [-0.4, -0.2) is 22.5 Å². The van der Waals surface area contributed by atoms with Crippen molar-refractivity contribution in [2.24, 2.45) is 5.73 Å². The number of rotatable bonds is 4. The van der Waals surface area contributed by atoms with Gasteiger partial charge in [0, 0.05) is 11.3 Å².